The molecule has 3 nitrogen and oxygen atoms in total. The fourth-order valence-electron chi connectivity index (χ4n) is 2.08. The van der Waals surface area contributed by atoms with E-state index in [0.717, 1.165) is 26.2 Å². The molecule has 0 aliphatic rings. The van der Waals surface area contributed by atoms with Crippen LogP contribution in [0.3, 0.4) is 0 Å². The highest BCUT2D eigenvalue weighted by molar-refractivity contribution is 4.60. The van der Waals surface area contributed by atoms with Crippen molar-refractivity contribution in [1.82, 2.24) is 5.32 Å². The lowest BCUT2D eigenvalue weighted by Gasteiger charge is -2.13. The Labute approximate surface area is 120 Å². The first-order valence-electron chi connectivity index (χ1n) is 8.11. The predicted octanol–water partition coefficient (Wildman–Crippen LogP) is 3.77. The first kappa shape index (κ1) is 18.9. The Bertz CT molecular complexity index is 165. The van der Waals surface area contributed by atoms with Crippen molar-refractivity contribution in [1.29, 1.82) is 0 Å². The van der Waals surface area contributed by atoms with E-state index in [1.807, 2.05) is 0 Å². The SMILES string of the molecule is CCCCCCCC(C)NCCCCOCCOC. The largest absolute Gasteiger partial charge is 0.382 e. The molecule has 0 aromatic heterocycles. The minimum atomic E-state index is 0.663. The van der Waals surface area contributed by atoms with Crippen LogP contribution < -0.4 is 5.32 Å². The summed E-state index contributed by atoms with van der Waals surface area (Å²) in [6.45, 7) is 7.96. The van der Waals surface area contributed by atoms with Crippen LogP contribution in [0.4, 0.5) is 0 Å². The van der Waals surface area contributed by atoms with Gasteiger partial charge in [0, 0.05) is 19.8 Å². The molecule has 0 fully saturated rings. The van der Waals surface area contributed by atoms with Crippen LogP contribution >= 0.6 is 0 Å². The first-order valence-corrected chi connectivity index (χ1v) is 8.11. The highest BCUT2D eigenvalue weighted by atomic mass is 16.5. The molecule has 0 saturated carbocycles. The lowest BCUT2D eigenvalue weighted by Crippen LogP contribution is -2.27. The molecule has 0 radical (unpaired) electrons. The number of hydrogen-bond acceptors (Lipinski definition) is 3. The summed E-state index contributed by atoms with van der Waals surface area (Å²) in [6, 6.07) is 0.663. The normalized spacial score (nSPS) is 12.8. The van der Waals surface area contributed by atoms with E-state index >= 15 is 0 Å². The van der Waals surface area contributed by atoms with Crippen molar-refractivity contribution in [3.05, 3.63) is 0 Å². The second-order valence-corrected chi connectivity index (χ2v) is 5.37. The molecule has 19 heavy (non-hydrogen) atoms. The van der Waals surface area contributed by atoms with Gasteiger partial charge in [-0.05, 0) is 32.7 Å². The molecule has 0 aromatic carbocycles. The van der Waals surface area contributed by atoms with Crippen molar-refractivity contribution in [2.75, 3.05) is 33.5 Å². The van der Waals surface area contributed by atoms with Crippen LogP contribution in [0.15, 0.2) is 0 Å². The number of unbranched alkanes of at least 4 members (excludes halogenated alkanes) is 5. The van der Waals surface area contributed by atoms with Crippen LogP contribution in [0.25, 0.3) is 0 Å². The van der Waals surface area contributed by atoms with Crippen molar-refractivity contribution in [3.8, 4) is 0 Å². The summed E-state index contributed by atoms with van der Waals surface area (Å²) in [5.74, 6) is 0. The summed E-state index contributed by atoms with van der Waals surface area (Å²) in [6.07, 6.45) is 10.6. The van der Waals surface area contributed by atoms with E-state index in [9.17, 15) is 0 Å². The molecule has 1 atom stereocenters. The Balaban J connectivity index is 3.09. The van der Waals surface area contributed by atoms with Crippen molar-refractivity contribution < 1.29 is 9.47 Å². The first-order chi connectivity index (χ1) is 9.31. The third kappa shape index (κ3) is 15.8. The van der Waals surface area contributed by atoms with Crippen LogP contribution in [-0.4, -0.2) is 39.5 Å². The number of nitrogens with one attached hydrogen (secondary N) is 1. The fourth-order valence-corrected chi connectivity index (χ4v) is 2.08. The van der Waals surface area contributed by atoms with Crippen LogP contribution in [0.1, 0.15) is 65.2 Å². The van der Waals surface area contributed by atoms with Gasteiger partial charge < -0.3 is 14.8 Å². The molecular formula is C16H35NO2. The second-order valence-electron chi connectivity index (χ2n) is 5.37. The van der Waals surface area contributed by atoms with E-state index in [4.69, 9.17) is 9.47 Å². The smallest absolute Gasteiger partial charge is 0.0700 e. The van der Waals surface area contributed by atoms with E-state index in [1.54, 1.807) is 7.11 Å². The minimum absolute atomic E-state index is 0.663. The highest BCUT2D eigenvalue weighted by Gasteiger charge is 2.00. The molecule has 0 amide bonds. The summed E-state index contributed by atoms with van der Waals surface area (Å²) >= 11 is 0. The summed E-state index contributed by atoms with van der Waals surface area (Å²) in [5.41, 5.74) is 0. The van der Waals surface area contributed by atoms with Crippen LogP contribution in [-0.2, 0) is 9.47 Å². The number of ether oxygens (including phenoxy) is 2. The van der Waals surface area contributed by atoms with Crippen LogP contribution in [0.5, 0.6) is 0 Å². The van der Waals surface area contributed by atoms with Crippen LogP contribution in [0.2, 0.25) is 0 Å². The van der Waals surface area contributed by atoms with Gasteiger partial charge in [-0.1, -0.05) is 39.0 Å². The van der Waals surface area contributed by atoms with Gasteiger partial charge in [-0.2, -0.15) is 0 Å². The quantitative estimate of drug-likeness (QED) is 0.461. The van der Waals surface area contributed by atoms with Gasteiger partial charge in [0.05, 0.1) is 13.2 Å². The zero-order valence-corrected chi connectivity index (χ0v) is 13.4. The maximum atomic E-state index is 5.43. The van der Waals surface area contributed by atoms with Crippen molar-refractivity contribution in [2.24, 2.45) is 0 Å². The van der Waals surface area contributed by atoms with Gasteiger partial charge in [-0.15, -0.1) is 0 Å². The van der Waals surface area contributed by atoms with E-state index in [-0.39, 0.29) is 0 Å². The lowest BCUT2D eigenvalue weighted by molar-refractivity contribution is 0.0687. The molecule has 0 aromatic rings. The van der Waals surface area contributed by atoms with Crippen molar-refractivity contribution in [3.63, 3.8) is 0 Å². The van der Waals surface area contributed by atoms with Gasteiger partial charge in [0.1, 0.15) is 0 Å². The summed E-state index contributed by atoms with van der Waals surface area (Å²) in [7, 11) is 1.71. The maximum absolute atomic E-state index is 5.43. The fraction of sp³-hybridized carbons (Fsp3) is 1.00. The van der Waals surface area contributed by atoms with E-state index < -0.39 is 0 Å². The molecule has 0 heterocycles. The van der Waals surface area contributed by atoms with E-state index in [0.29, 0.717) is 12.6 Å². The Morgan fingerprint density at radius 3 is 2.42 bits per heavy atom. The molecule has 1 N–H and O–H groups in total. The highest BCUT2D eigenvalue weighted by Crippen LogP contribution is 2.07. The van der Waals surface area contributed by atoms with Crippen molar-refractivity contribution in [2.45, 2.75) is 71.3 Å². The molecule has 3 heteroatoms. The Morgan fingerprint density at radius 2 is 1.68 bits per heavy atom. The Hall–Kier alpha value is -0.120. The van der Waals surface area contributed by atoms with E-state index in [2.05, 4.69) is 19.2 Å². The molecule has 1 unspecified atom stereocenters. The molecule has 0 saturated heterocycles. The molecule has 0 aliphatic heterocycles. The number of rotatable bonds is 15. The summed E-state index contributed by atoms with van der Waals surface area (Å²) in [5, 5.41) is 3.60. The van der Waals surface area contributed by atoms with Gasteiger partial charge in [0.25, 0.3) is 0 Å². The summed E-state index contributed by atoms with van der Waals surface area (Å²) in [4.78, 5) is 0. The molecule has 116 valence electrons. The molecule has 0 bridgehead atoms. The van der Waals surface area contributed by atoms with Gasteiger partial charge in [-0.3, -0.25) is 0 Å². The third-order valence-corrected chi connectivity index (χ3v) is 3.38. The molecule has 0 aliphatic carbocycles. The standard InChI is InChI=1S/C16H35NO2/c1-4-5-6-7-8-11-16(2)17-12-9-10-13-19-15-14-18-3/h16-17H,4-15H2,1-3H3. The number of hydrogen-bond donors (Lipinski definition) is 1. The molecular weight excluding hydrogens is 238 g/mol. The van der Waals surface area contributed by atoms with Crippen LogP contribution in [0, 0.1) is 0 Å². The van der Waals surface area contributed by atoms with Gasteiger partial charge >= 0.3 is 0 Å². The zero-order valence-electron chi connectivity index (χ0n) is 13.4. The van der Waals surface area contributed by atoms with Crippen molar-refractivity contribution >= 4 is 0 Å². The molecule has 0 rings (SSSR count). The third-order valence-electron chi connectivity index (χ3n) is 3.38. The van der Waals surface area contributed by atoms with Gasteiger partial charge in [0.2, 0.25) is 0 Å². The average Bonchev–Trinajstić information content (AvgIpc) is 2.41. The zero-order chi connectivity index (χ0) is 14.2. The average molecular weight is 273 g/mol. The second kappa shape index (κ2) is 15.9. The maximum Gasteiger partial charge on any atom is 0.0700 e. The number of methoxy groups -OCH3 is 1. The topological polar surface area (TPSA) is 30.5 Å². The summed E-state index contributed by atoms with van der Waals surface area (Å²) < 4.78 is 10.4. The molecule has 0 spiro atoms. The van der Waals surface area contributed by atoms with Gasteiger partial charge in [0.15, 0.2) is 0 Å². The monoisotopic (exact) mass is 273 g/mol. The predicted molar refractivity (Wildman–Crippen MR) is 82.8 cm³/mol. The van der Waals surface area contributed by atoms with E-state index in [1.165, 1.54) is 44.9 Å². The lowest BCUT2D eigenvalue weighted by atomic mass is 10.1. The van der Waals surface area contributed by atoms with Gasteiger partial charge in [-0.25, -0.2) is 0 Å². The minimum Gasteiger partial charge on any atom is -0.382 e. The Morgan fingerprint density at radius 1 is 0.895 bits per heavy atom. The Kier molecular flexibility index (Phi) is 15.8.